The van der Waals surface area contributed by atoms with Crippen molar-refractivity contribution in [2.75, 3.05) is 10.6 Å². The van der Waals surface area contributed by atoms with Crippen molar-refractivity contribution in [2.24, 2.45) is 11.8 Å². The molecule has 1 aromatic rings. The van der Waals surface area contributed by atoms with Crippen LogP contribution in [0.1, 0.15) is 18.4 Å². The van der Waals surface area contributed by atoms with Gasteiger partial charge in [-0.3, -0.25) is 14.4 Å². The van der Waals surface area contributed by atoms with Crippen LogP contribution < -0.4 is 10.6 Å². The Morgan fingerprint density at radius 3 is 2.75 bits per heavy atom. The molecule has 6 heteroatoms. The van der Waals surface area contributed by atoms with Crippen molar-refractivity contribution >= 4 is 29.2 Å². The highest BCUT2D eigenvalue weighted by Crippen LogP contribution is 2.39. The number of carboxylic acids is 1. The monoisotopic (exact) mass is 274 g/mol. The van der Waals surface area contributed by atoms with Gasteiger partial charge in [-0.15, -0.1) is 0 Å². The van der Waals surface area contributed by atoms with E-state index in [-0.39, 0.29) is 11.8 Å². The number of hydrogen-bond acceptors (Lipinski definition) is 3. The fraction of sp³-hybridized carbons (Fsp3) is 0.357. The van der Waals surface area contributed by atoms with Crippen molar-refractivity contribution in [3.63, 3.8) is 0 Å². The van der Waals surface area contributed by atoms with E-state index in [9.17, 15) is 14.4 Å². The van der Waals surface area contributed by atoms with Crippen LogP contribution in [0.2, 0.25) is 0 Å². The number of carbonyl (C=O) groups excluding carboxylic acids is 2. The van der Waals surface area contributed by atoms with Gasteiger partial charge < -0.3 is 15.7 Å². The van der Waals surface area contributed by atoms with E-state index in [0.717, 1.165) is 11.3 Å². The van der Waals surface area contributed by atoms with Gasteiger partial charge in [-0.1, -0.05) is 0 Å². The fourth-order valence-corrected chi connectivity index (χ4v) is 2.45. The van der Waals surface area contributed by atoms with Gasteiger partial charge in [0, 0.05) is 17.8 Å². The first-order valence-corrected chi connectivity index (χ1v) is 6.51. The second-order valence-electron chi connectivity index (χ2n) is 5.20. The quantitative estimate of drug-likeness (QED) is 0.772. The molecule has 2 aliphatic rings. The predicted octanol–water partition coefficient (Wildman–Crippen LogP) is 1.23. The minimum absolute atomic E-state index is 0.00318. The van der Waals surface area contributed by atoms with Crippen molar-refractivity contribution < 1.29 is 19.5 Å². The first-order valence-electron chi connectivity index (χ1n) is 6.51. The molecule has 0 saturated heterocycles. The highest BCUT2D eigenvalue weighted by atomic mass is 16.4. The van der Waals surface area contributed by atoms with Crippen LogP contribution in [-0.4, -0.2) is 22.9 Å². The highest BCUT2D eigenvalue weighted by molar-refractivity contribution is 5.99. The summed E-state index contributed by atoms with van der Waals surface area (Å²) >= 11 is 0. The van der Waals surface area contributed by atoms with E-state index in [2.05, 4.69) is 10.6 Å². The molecular weight excluding hydrogens is 260 g/mol. The van der Waals surface area contributed by atoms with Crippen molar-refractivity contribution in [3.8, 4) is 0 Å². The Hall–Kier alpha value is -2.37. The summed E-state index contributed by atoms with van der Waals surface area (Å²) in [6.45, 7) is 0. The number of aliphatic carboxylic acids is 1. The Morgan fingerprint density at radius 2 is 2.05 bits per heavy atom. The summed E-state index contributed by atoms with van der Waals surface area (Å²) in [5.41, 5.74) is 2.39. The molecule has 0 bridgehead atoms. The summed E-state index contributed by atoms with van der Waals surface area (Å²) in [5.74, 6) is -2.15. The lowest BCUT2D eigenvalue weighted by Gasteiger charge is -2.17. The van der Waals surface area contributed by atoms with Crippen molar-refractivity contribution in [2.45, 2.75) is 19.3 Å². The number of rotatable bonds is 3. The molecule has 20 heavy (non-hydrogen) atoms. The largest absolute Gasteiger partial charge is 0.481 e. The first kappa shape index (κ1) is 12.7. The van der Waals surface area contributed by atoms with Crippen LogP contribution in [0.25, 0.3) is 0 Å². The van der Waals surface area contributed by atoms with E-state index >= 15 is 0 Å². The number of carboxylic acid groups (broad SMARTS) is 1. The molecule has 1 heterocycles. The third-order valence-electron chi connectivity index (χ3n) is 3.71. The first-order chi connectivity index (χ1) is 9.54. The number of benzene rings is 1. The minimum Gasteiger partial charge on any atom is -0.481 e. The van der Waals surface area contributed by atoms with Crippen LogP contribution in [0.5, 0.6) is 0 Å². The molecule has 2 amide bonds. The summed E-state index contributed by atoms with van der Waals surface area (Å²) < 4.78 is 0. The van der Waals surface area contributed by atoms with Crippen LogP contribution >= 0.6 is 0 Å². The zero-order chi connectivity index (χ0) is 14.3. The van der Waals surface area contributed by atoms with Crippen molar-refractivity contribution in [3.05, 3.63) is 23.8 Å². The summed E-state index contributed by atoms with van der Waals surface area (Å²) in [6.07, 6.45) is 1.49. The standard InChI is InChI=1S/C14H14N2O4/c17-12-4-1-7-5-8(2-3-11(7)16-12)15-13(18)9-6-10(9)14(19)20/h2-3,5,9-10H,1,4,6H2,(H,15,18)(H,16,17)(H,19,20)/t9-,10+/m1/s1. The lowest BCUT2D eigenvalue weighted by molar-refractivity contribution is -0.139. The molecule has 6 nitrogen and oxygen atoms in total. The zero-order valence-corrected chi connectivity index (χ0v) is 10.7. The number of fused-ring (bicyclic) bond motifs is 1. The SMILES string of the molecule is O=C1CCc2cc(NC(=O)[C@@H]3C[C@@H]3C(=O)O)ccc2N1. The maximum atomic E-state index is 11.9. The van der Waals surface area contributed by atoms with Crippen LogP contribution in [0.4, 0.5) is 11.4 Å². The number of aryl methyl sites for hydroxylation is 1. The van der Waals surface area contributed by atoms with Crippen LogP contribution in [0.15, 0.2) is 18.2 Å². The predicted molar refractivity (Wildman–Crippen MR) is 71.3 cm³/mol. The molecule has 1 aromatic carbocycles. The zero-order valence-electron chi connectivity index (χ0n) is 10.7. The second-order valence-corrected chi connectivity index (χ2v) is 5.20. The molecule has 3 N–H and O–H groups in total. The molecule has 1 saturated carbocycles. The third-order valence-corrected chi connectivity index (χ3v) is 3.71. The maximum absolute atomic E-state index is 11.9. The van der Waals surface area contributed by atoms with Crippen LogP contribution in [0, 0.1) is 11.8 Å². The average molecular weight is 274 g/mol. The van der Waals surface area contributed by atoms with E-state index in [1.54, 1.807) is 12.1 Å². The van der Waals surface area contributed by atoms with E-state index in [1.807, 2.05) is 6.07 Å². The normalized spacial score (nSPS) is 23.5. The lowest BCUT2D eigenvalue weighted by Crippen LogP contribution is -2.20. The Balaban J connectivity index is 1.68. The van der Waals surface area contributed by atoms with Gasteiger partial charge >= 0.3 is 5.97 Å². The topological polar surface area (TPSA) is 95.5 Å². The number of anilines is 2. The average Bonchev–Trinajstić information content (AvgIpc) is 3.19. The molecule has 3 rings (SSSR count). The Bertz CT molecular complexity index is 611. The van der Waals surface area contributed by atoms with Gasteiger partial charge in [0.25, 0.3) is 0 Å². The van der Waals surface area contributed by atoms with Gasteiger partial charge in [0.1, 0.15) is 0 Å². The van der Waals surface area contributed by atoms with Gasteiger partial charge in [0.05, 0.1) is 11.8 Å². The van der Waals surface area contributed by atoms with Crippen molar-refractivity contribution in [1.82, 2.24) is 0 Å². The molecule has 1 aliphatic carbocycles. The summed E-state index contributed by atoms with van der Waals surface area (Å²) in [5, 5.41) is 14.3. The Morgan fingerprint density at radius 1 is 1.25 bits per heavy atom. The van der Waals surface area contributed by atoms with Gasteiger partial charge in [0.15, 0.2) is 0 Å². The van der Waals surface area contributed by atoms with Crippen molar-refractivity contribution in [1.29, 1.82) is 0 Å². The molecule has 104 valence electrons. The molecular formula is C14H14N2O4. The molecule has 0 unspecified atom stereocenters. The molecule has 1 aliphatic heterocycles. The fourth-order valence-electron chi connectivity index (χ4n) is 2.45. The Labute approximate surface area is 115 Å². The Kier molecular flexibility index (Phi) is 2.93. The molecule has 2 atom stereocenters. The van der Waals surface area contributed by atoms with E-state index in [1.165, 1.54) is 0 Å². The van der Waals surface area contributed by atoms with Crippen LogP contribution in [-0.2, 0) is 20.8 Å². The summed E-state index contributed by atoms with van der Waals surface area (Å²) in [4.78, 5) is 33.8. The smallest absolute Gasteiger partial charge is 0.307 e. The lowest BCUT2D eigenvalue weighted by atomic mass is 10.0. The molecule has 0 radical (unpaired) electrons. The molecule has 1 fully saturated rings. The van der Waals surface area contributed by atoms with Gasteiger partial charge in [-0.25, -0.2) is 0 Å². The number of amides is 2. The van der Waals surface area contributed by atoms with E-state index < -0.39 is 17.8 Å². The van der Waals surface area contributed by atoms with Gasteiger partial charge in [-0.05, 0) is 36.6 Å². The number of hydrogen-bond donors (Lipinski definition) is 3. The summed E-state index contributed by atoms with van der Waals surface area (Å²) in [6, 6.07) is 5.29. The number of nitrogens with one attached hydrogen (secondary N) is 2. The van der Waals surface area contributed by atoms with E-state index in [0.29, 0.717) is 24.9 Å². The van der Waals surface area contributed by atoms with Gasteiger partial charge in [0.2, 0.25) is 11.8 Å². The maximum Gasteiger partial charge on any atom is 0.307 e. The second kappa shape index (κ2) is 4.63. The molecule has 0 aromatic heterocycles. The minimum atomic E-state index is -0.918. The highest BCUT2D eigenvalue weighted by Gasteiger charge is 2.48. The van der Waals surface area contributed by atoms with E-state index in [4.69, 9.17) is 5.11 Å². The van der Waals surface area contributed by atoms with Crippen LogP contribution in [0.3, 0.4) is 0 Å². The molecule has 0 spiro atoms. The number of carbonyl (C=O) groups is 3. The summed E-state index contributed by atoms with van der Waals surface area (Å²) in [7, 11) is 0. The third kappa shape index (κ3) is 2.36. The van der Waals surface area contributed by atoms with Gasteiger partial charge in [-0.2, -0.15) is 0 Å².